The number of rotatable bonds is 6. The van der Waals surface area contributed by atoms with Crippen molar-refractivity contribution in [3.8, 4) is 5.75 Å². The van der Waals surface area contributed by atoms with Crippen molar-refractivity contribution in [2.75, 3.05) is 39.3 Å². The van der Waals surface area contributed by atoms with E-state index in [1.807, 2.05) is 24.3 Å². The Bertz CT molecular complexity index is 471. The van der Waals surface area contributed by atoms with Crippen molar-refractivity contribution in [3.63, 3.8) is 0 Å². The van der Waals surface area contributed by atoms with Gasteiger partial charge in [0.2, 0.25) is 0 Å². The maximum absolute atomic E-state index is 10.3. The summed E-state index contributed by atoms with van der Waals surface area (Å²) in [5, 5.41) is 10.3. The summed E-state index contributed by atoms with van der Waals surface area (Å²) in [5.41, 5.74) is 1.22. The van der Waals surface area contributed by atoms with E-state index in [0.29, 0.717) is 12.6 Å². The Morgan fingerprint density at radius 2 is 1.87 bits per heavy atom. The van der Waals surface area contributed by atoms with Crippen molar-refractivity contribution in [2.45, 2.75) is 44.8 Å². The minimum atomic E-state index is -0.423. The van der Waals surface area contributed by atoms with Crippen LogP contribution in [0.25, 0.3) is 0 Å². The Balaban J connectivity index is 1.41. The normalized spacial score (nSPS) is 24.7. The van der Waals surface area contributed by atoms with Crippen molar-refractivity contribution in [2.24, 2.45) is 0 Å². The molecule has 0 bridgehead atoms. The predicted octanol–water partition coefficient (Wildman–Crippen LogP) is 2.29. The quantitative estimate of drug-likeness (QED) is 0.873. The van der Waals surface area contributed by atoms with Gasteiger partial charge in [-0.05, 0) is 64.4 Å². The van der Waals surface area contributed by atoms with E-state index in [-0.39, 0.29) is 0 Å². The molecule has 1 aromatic carbocycles. The summed E-state index contributed by atoms with van der Waals surface area (Å²) in [5.74, 6) is 0.836. The number of β-amino-alcohol motifs (C(OH)–C–C–N with tert-alkyl or cyclic N) is 1. The van der Waals surface area contributed by atoms with Gasteiger partial charge in [-0.3, -0.25) is 9.80 Å². The lowest BCUT2D eigenvalue weighted by molar-refractivity contribution is 0.0416. The molecule has 1 N–H and O–H groups in total. The molecule has 2 aliphatic rings. The zero-order chi connectivity index (χ0) is 16.1. The Morgan fingerprint density at radius 1 is 1.13 bits per heavy atom. The Labute approximate surface area is 140 Å². The van der Waals surface area contributed by atoms with E-state index in [4.69, 9.17) is 4.74 Å². The van der Waals surface area contributed by atoms with Gasteiger partial charge in [0.05, 0.1) is 0 Å². The molecule has 4 nitrogen and oxygen atoms in total. The van der Waals surface area contributed by atoms with Crippen LogP contribution in [0.2, 0.25) is 0 Å². The second kappa shape index (κ2) is 8.13. The van der Waals surface area contributed by atoms with E-state index in [2.05, 4.69) is 16.7 Å². The van der Waals surface area contributed by atoms with Crippen LogP contribution >= 0.6 is 0 Å². The van der Waals surface area contributed by atoms with Gasteiger partial charge in [0.15, 0.2) is 0 Å². The van der Waals surface area contributed by atoms with Gasteiger partial charge >= 0.3 is 0 Å². The molecular formula is C19H30N2O2. The molecule has 4 heteroatoms. The summed E-state index contributed by atoms with van der Waals surface area (Å²) in [6.45, 7) is 7.87. The van der Waals surface area contributed by atoms with Crippen LogP contribution in [0.1, 0.15) is 31.2 Å². The molecule has 128 valence electrons. The third kappa shape index (κ3) is 4.93. The Morgan fingerprint density at radius 3 is 2.61 bits per heavy atom. The maximum atomic E-state index is 10.3. The average molecular weight is 318 g/mol. The van der Waals surface area contributed by atoms with Crippen LogP contribution in [-0.4, -0.2) is 66.4 Å². The second-order valence-corrected chi connectivity index (χ2v) is 7.08. The van der Waals surface area contributed by atoms with Gasteiger partial charge in [0, 0.05) is 19.1 Å². The molecule has 0 unspecified atom stereocenters. The van der Waals surface area contributed by atoms with Crippen molar-refractivity contribution in [3.05, 3.63) is 29.8 Å². The van der Waals surface area contributed by atoms with Gasteiger partial charge in [-0.2, -0.15) is 0 Å². The fraction of sp³-hybridized carbons (Fsp3) is 0.684. The number of aryl methyl sites for hydroxylation is 1. The zero-order valence-electron chi connectivity index (χ0n) is 14.3. The lowest BCUT2D eigenvalue weighted by atomic mass is 10.0. The van der Waals surface area contributed by atoms with Gasteiger partial charge < -0.3 is 9.84 Å². The number of aliphatic hydroxyl groups excluding tert-OH is 1. The number of benzene rings is 1. The summed E-state index contributed by atoms with van der Waals surface area (Å²) < 4.78 is 5.70. The van der Waals surface area contributed by atoms with E-state index in [1.165, 1.54) is 44.3 Å². The standard InChI is InChI=1S/C19H30N2O2/c1-16-6-8-19(9-7-16)23-15-18(22)14-20-10-4-5-17(13-20)21-11-2-3-12-21/h6-9,17-18,22H,2-5,10-15H2,1H3/t17-,18-/m0/s1. The van der Waals surface area contributed by atoms with Crippen LogP contribution in [0.5, 0.6) is 5.75 Å². The molecule has 0 aliphatic carbocycles. The molecule has 2 fully saturated rings. The van der Waals surface area contributed by atoms with E-state index < -0.39 is 6.10 Å². The van der Waals surface area contributed by atoms with Crippen molar-refractivity contribution >= 4 is 0 Å². The SMILES string of the molecule is Cc1ccc(OC[C@@H](O)CN2CCC[C@H](N3CCCC3)C2)cc1. The lowest BCUT2D eigenvalue weighted by Gasteiger charge is -2.38. The highest BCUT2D eigenvalue weighted by Gasteiger charge is 2.27. The summed E-state index contributed by atoms with van der Waals surface area (Å²) in [6.07, 6.45) is 4.83. The maximum Gasteiger partial charge on any atom is 0.119 e. The number of ether oxygens (including phenoxy) is 1. The molecule has 23 heavy (non-hydrogen) atoms. The highest BCUT2D eigenvalue weighted by atomic mass is 16.5. The van der Waals surface area contributed by atoms with Gasteiger partial charge in [0.25, 0.3) is 0 Å². The summed E-state index contributed by atoms with van der Waals surface area (Å²) >= 11 is 0. The summed E-state index contributed by atoms with van der Waals surface area (Å²) in [6, 6.07) is 8.69. The van der Waals surface area contributed by atoms with Crippen LogP contribution < -0.4 is 4.74 Å². The van der Waals surface area contributed by atoms with Crippen molar-refractivity contribution in [1.82, 2.24) is 9.80 Å². The zero-order valence-corrected chi connectivity index (χ0v) is 14.3. The highest BCUT2D eigenvalue weighted by molar-refractivity contribution is 5.26. The highest BCUT2D eigenvalue weighted by Crippen LogP contribution is 2.20. The lowest BCUT2D eigenvalue weighted by Crippen LogP contribution is -2.49. The van der Waals surface area contributed by atoms with Crippen LogP contribution in [0.4, 0.5) is 0 Å². The largest absolute Gasteiger partial charge is 0.491 e. The first-order valence-corrected chi connectivity index (χ1v) is 9.04. The number of nitrogens with zero attached hydrogens (tertiary/aromatic N) is 2. The van der Waals surface area contributed by atoms with Gasteiger partial charge in [0.1, 0.15) is 18.5 Å². The minimum absolute atomic E-state index is 0.369. The van der Waals surface area contributed by atoms with E-state index in [0.717, 1.165) is 25.4 Å². The second-order valence-electron chi connectivity index (χ2n) is 7.08. The first kappa shape index (κ1) is 16.7. The van der Waals surface area contributed by atoms with Crippen molar-refractivity contribution < 1.29 is 9.84 Å². The molecule has 0 radical (unpaired) electrons. The number of hydrogen-bond donors (Lipinski definition) is 1. The van der Waals surface area contributed by atoms with Crippen molar-refractivity contribution in [1.29, 1.82) is 0 Å². The molecule has 0 spiro atoms. The topological polar surface area (TPSA) is 35.9 Å². The molecular weight excluding hydrogens is 288 g/mol. The van der Waals surface area contributed by atoms with Gasteiger partial charge in [-0.1, -0.05) is 17.7 Å². The molecule has 0 saturated carbocycles. The molecule has 0 amide bonds. The summed E-state index contributed by atoms with van der Waals surface area (Å²) in [7, 11) is 0. The minimum Gasteiger partial charge on any atom is -0.491 e. The Kier molecular flexibility index (Phi) is 5.92. The smallest absolute Gasteiger partial charge is 0.119 e. The fourth-order valence-corrected chi connectivity index (χ4v) is 3.78. The number of likely N-dealkylation sites (tertiary alicyclic amines) is 2. The summed E-state index contributed by atoms with van der Waals surface area (Å²) in [4.78, 5) is 5.05. The number of aliphatic hydroxyl groups is 1. The van der Waals surface area contributed by atoms with Crippen LogP contribution in [0, 0.1) is 6.92 Å². The van der Waals surface area contributed by atoms with Crippen LogP contribution in [0.3, 0.4) is 0 Å². The Hall–Kier alpha value is -1.10. The van der Waals surface area contributed by atoms with Crippen LogP contribution in [0.15, 0.2) is 24.3 Å². The average Bonchev–Trinajstić information content (AvgIpc) is 3.09. The number of piperidine rings is 1. The molecule has 0 aromatic heterocycles. The van der Waals surface area contributed by atoms with Gasteiger partial charge in [-0.25, -0.2) is 0 Å². The van der Waals surface area contributed by atoms with E-state index in [1.54, 1.807) is 0 Å². The van der Waals surface area contributed by atoms with E-state index in [9.17, 15) is 5.11 Å². The third-order valence-electron chi connectivity index (χ3n) is 5.07. The molecule has 2 saturated heterocycles. The van der Waals surface area contributed by atoms with Gasteiger partial charge in [-0.15, -0.1) is 0 Å². The van der Waals surface area contributed by atoms with Crippen LogP contribution in [-0.2, 0) is 0 Å². The molecule has 1 aromatic rings. The monoisotopic (exact) mass is 318 g/mol. The number of hydrogen-bond acceptors (Lipinski definition) is 4. The molecule has 2 atom stereocenters. The molecule has 2 heterocycles. The first-order valence-electron chi connectivity index (χ1n) is 9.04. The molecule has 3 rings (SSSR count). The molecule has 2 aliphatic heterocycles. The predicted molar refractivity (Wildman–Crippen MR) is 92.9 cm³/mol. The van der Waals surface area contributed by atoms with E-state index >= 15 is 0 Å². The fourth-order valence-electron chi connectivity index (χ4n) is 3.78. The third-order valence-corrected chi connectivity index (χ3v) is 5.07. The first-order chi connectivity index (χ1) is 11.2.